The van der Waals surface area contributed by atoms with Crippen molar-refractivity contribution in [3.05, 3.63) is 187 Å². The molecule has 0 N–H and O–H groups in total. The van der Waals surface area contributed by atoms with Gasteiger partial charge in [0.05, 0.1) is 11.0 Å². The minimum Gasteiger partial charge on any atom is -0.309 e. The number of para-hydroxylation sites is 2. The van der Waals surface area contributed by atoms with Crippen LogP contribution in [-0.4, -0.2) is 4.57 Å². The second-order valence-corrected chi connectivity index (χ2v) is 16.4. The lowest BCUT2D eigenvalue weighted by Crippen LogP contribution is -2.20. The van der Waals surface area contributed by atoms with E-state index in [9.17, 15) is 0 Å². The van der Waals surface area contributed by atoms with Gasteiger partial charge in [0, 0.05) is 42.0 Å². The molecule has 0 amide bonds. The number of nitrogens with zero attached hydrogens (tertiary/aromatic N) is 1. The van der Waals surface area contributed by atoms with Crippen molar-refractivity contribution in [2.75, 3.05) is 0 Å². The molecule has 0 bridgehead atoms. The Labute approximate surface area is 318 Å². The molecule has 2 aromatic heterocycles. The van der Waals surface area contributed by atoms with E-state index in [0.29, 0.717) is 0 Å². The molecule has 0 fully saturated rings. The first-order valence-corrected chi connectivity index (χ1v) is 19.7. The summed E-state index contributed by atoms with van der Waals surface area (Å²) in [6.07, 6.45) is 9.64. The average molecular weight is 708 g/mol. The van der Waals surface area contributed by atoms with Crippen LogP contribution in [0.2, 0.25) is 0 Å². The van der Waals surface area contributed by atoms with E-state index in [1.54, 1.807) is 0 Å². The Morgan fingerprint density at radius 3 is 2.07 bits per heavy atom. The smallest absolute Gasteiger partial charge is 0.0541 e. The second-order valence-electron chi connectivity index (χ2n) is 15.3. The SMILES string of the molecule is C=C1/C=C\C=C/Cc2cc3c4ccccc4c4cc5c(cc4c3cc2C1(C)C)sc1c(-c2ccc3c(c2)c2ccccc2n3-c2ccccc2)cccc15. The first-order chi connectivity index (χ1) is 26.5. The lowest BCUT2D eigenvalue weighted by Gasteiger charge is -2.29. The predicted molar refractivity (Wildman–Crippen MR) is 236 cm³/mol. The van der Waals surface area contributed by atoms with Gasteiger partial charge in [-0.1, -0.05) is 130 Å². The van der Waals surface area contributed by atoms with Crippen LogP contribution in [0.3, 0.4) is 0 Å². The van der Waals surface area contributed by atoms with E-state index >= 15 is 0 Å². The van der Waals surface area contributed by atoms with Gasteiger partial charge in [0.15, 0.2) is 0 Å². The number of aromatic nitrogens is 1. The Morgan fingerprint density at radius 1 is 0.556 bits per heavy atom. The number of benzene rings is 8. The predicted octanol–water partition coefficient (Wildman–Crippen LogP) is 14.8. The molecule has 54 heavy (non-hydrogen) atoms. The third kappa shape index (κ3) is 4.50. The third-order valence-corrected chi connectivity index (χ3v) is 13.2. The van der Waals surface area contributed by atoms with Crippen LogP contribution in [0.5, 0.6) is 0 Å². The molecule has 10 aromatic rings. The largest absolute Gasteiger partial charge is 0.309 e. The van der Waals surface area contributed by atoms with Crippen LogP contribution in [0.4, 0.5) is 0 Å². The second kappa shape index (κ2) is 11.6. The van der Waals surface area contributed by atoms with Crippen LogP contribution in [0.15, 0.2) is 176 Å². The van der Waals surface area contributed by atoms with Crippen molar-refractivity contribution in [3.8, 4) is 16.8 Å². The number of rotatable bonds is 2. The van der Waals surface area contributed by atoms with E-state index in [1.165, 1.54) is 102 Å². The number of thiophene rings is 1. The molecule has 0 spiro atoms. The fraction of sp³-hybridized carbons (Fsp3) is 0.0769. The molecular formula is C52H37NS. The summed E-state index contributed by atoms with van der Waals surface area (Å²) in [6.45, 7) is 9.17. The molecule has 2 heterocycles. The van der Waals surface area contributed by atoms with Crippen molar-refractivity contribution in [1.82, 2.24) is 4.57 Å². The third-order valence-electron chi connectivity index (χ3n) is 12.0. The molecule has 1 aliphatic carbocycles. The van der Waals surface area contributed by atoms with Crippen molar-refractivity contribution in [1.29, 1.82) is 0 Å². The van der Waals surface area contributed by atoms with E-state index in [-0.39, 0.29) is 5.41 Å². The minimum absolute atomic E-state index is 0.199. The molecule has 1 nitrogen and oxygen atoms in total. The van der Waals surface area contributed by atoms with Gasteiger partial charge < -0.3 is 4.57 Å². The zero-order chi connectivity index (χ0) is 36.1. The van der Waals surface area contributed by atoms with Crippen LogP contribution in [-0.2, 0) is 11.8 Å². The maximum absolute atomic E-state index is 4.53. The van der Waals surface area contributed by atoms with Gasteiger partial charge in [-0.05, 0) is 121 Å². The minimum atomic E-state index is -0.199. The molecule has 0 saturated carbocycles. The summed E-state index contributed by atoms with van der Waals surface area (Å²) in [5.74, 6) is 0. The van der Waals surface area contributed by atoms with E-state index in [0.717, 1.165) is 12.0 Å². The van der Waals surface area contributed by atoms with Crippen molar-refractivity contribution < 1.29 is 0 Å². The molecule has 0 unspecified atom stereocenters. The molecule has 0 radical (unpaired) electrons. The van der Waals surface area contributed by atoms with Crippen molar-refractivity contribution in [2.24, 2.45) is 0 Å². The van der Waals surface area contributed by atoms with Gasteiger partial charge >= 0.3 is 0 Å². The number of fused-ring (bicyclic) bond motifs is 13. The highest BCUT2D eigenvalue weighted by Crippen LogP contribution is 2.47. The Kier molecular flexibility index (Phi) is 6.75. The topological polar surface area (TPSA) is 4.93 Å². The molecule has 1 aliphatic rings. The maximum atomic E-state index is 4.53. The summed E-state index contributed by atoms with van der Waals surface area (Å²) in [7, 11) is 0. The Balaban J connectivity index is 1.17. The van der Waals surface area contributed by atoms with Crippen LogP contribution in [0.25, 0.3) is 91.1 Å². The molecule has 256 valence electrons. The van der Waals surface area contributed by atoms with E-state index < -0.39 is 0 Å². The number of hydrogen-bond acceptors (Lipinski definition) is 1. The number of allylic oxidation sites excluding steroid dienone is 5. The van der Waals surface area contributed by atoms with Gasteiger partial charge in [-0.3, -0.25) is 0 Å². The normalized spacial score (nSPS) is 15.6. The van der Waals surface area contributed by atoms with E-state index in [4.69, 9.17) is 0 Å². The summed E-state index contributed by atoms with van der Waals surface area (Å²) < 4.78 is 5.04. The van der Waals surface area contributed by atoms with Crippen molar-refractivity contribution >= 4 is 85.6 Å². The lowest BCUT2D eigenvalue weighted by atomic mass is 9.74. The first kappa shape index (κ1) is 31.3. The van der Waals surface area contributed by atoms with E-state index in [2.05, 4.69) is 189 Å². The zero-order valence-corrected chi connectivity index (χ0v) is 31.2. The molecule has 2 heteroatoms. The van der Waals surface area contributed by atoms with Crippen LogP contribution in [0.1, 0.15) is 25.0 Å². The Morgan fingerprint density at radius 2 is 1.24 bits per heavy atom. The summed E-state index contributed by atoms with van der Waals surface area (Å²) in [4.78, 5) is 0. The molecule has 0 atom stereocenters. The fourth-order valence-electron chi connectivity index (χ4n) is 9.13. The maximum Gasteiger partial charge on any atom is 0.0541 e. The van der Waals surface area contributed by atoms with Gasteiger partial charge in [-0.2, -0.15) is 0 Å². The molecule has 0 aliphatic heterocycles. The van der Waals surface area contributed by atoms with Crippen molar-refractivity contribution in [3.63, 3.8) is 0 Å². The van der Waals surface area contributed by atoms with Gasteiger partial charge in [0.1, 0.15) is 0 Å². The monoisotopic (exact) mass is 707 g/mol. The van der Waals surface area contributed by atoms with Gasteiger partial charge in [-0.25, -0.2) is 0 Å². The van der Waals surface area contributed by atoms with Crippen LogP contribution in [0, 0.1) is 0 Å². The molecule has 8 aromatic carbocycles. The summed E-state index contributed by atoms with van der Waals surface area (Å²) in [5, 5.41) is 13.1. The Hall–Kier alpha value is -6.22. The Bertz CT molecular complexity index is 3270. The van der Waals surface area contributed by atoms with Crippen LogP contribution >= 0.6 is 11.3 Å². The highest BCUT2D eigenvalue weighted by Gasteiger charge is 2.27. The summed E-state index contributed by atoms with van der Waals surface area (Å²) >= 11 is 1.92. The van der Waals surface area contributed by atoms with Crippen LogP contribution < -0.4 is 0 Å². The fourth-order valence-corrected chi connectivity index (χ4v) is 10.4. The standard InChI is InChI=1S/C52H37NS/c1-32-15-6-4-7-16-34-28-41-37-19-10-11-20-38(37)42-29-46-40-23-14-22-36(51(40)54-50(46)31-44(42)43(41)30-47(34)52(32,2)3)33-25-26-49-45(27-33)39-21-12-13-24-48(39)53(49)35-17-8-5-9-18-35/h4-15,17-31H,1,16H2,2-3H3/b7-4-,15-6-. The highest BCUT2D eigenvalue weighted by atomic mass is 32.1. The highest BCUT2D eigenvalue weighted by molar-refractivity contribution is 7.26. The van der Waals surface area contributed by atoms with Gasteiger partial charge in [-0.15, -0.1) is 11.3 Å². The van der Waals surface area contributed by atoms with E-state index in [1.807, 2.05) is 11.3 Å². The first-order valence-electron chi connectivity index (χ1n) is 18.8. The average Bonchev–Trinajstić information content (AvgIpc) is 3.76. The van der Waals surface area contributed by atoms with Crippen molar-refractivity contribution in [2.45, 2.75) is 25.7 Å². The molecule has 11 rings (SSSR count). The molecule has 0 saturated heterocycles. The zero-order valence-electron chi connectivity index (χ0n) is 30.4. The quantitative estimate of drug-likeness (QED) is 0.158. The summed E-state index contributed by atoms with van der Waals surface area (Å²) in [5.41, 5.74) is 9.82. The van der Waals surface area contributed by atoms with Gasteiger partial charge in [0.2, 0.25) is 0 Å². The number of hydrogen-bond donors (Lipinski definition) is 0. The molecular weight excluding hydrogens is 671 g/mol. The summed E-state index contributed by atoms with van der Waals surface area (Å²) in [6, 6.07) is 52.3. The van der Waals surface area contributed by atoms with Gasteiger partial charge in [0.25, 0.3) is 0 Å². The lowest BCUT2D eigenvalue weighted by molar-refractivity contribution is 0.636.